The van der Waals surface area contributed by atoms with Crippen LogP contribution in [0.25, 0.3) is 23.1 Å². The fourth-order valence-electron chi connectivity index (χ4n) is 5.81. The Morgan fingerprint density at radius 2 is 1.82 bits per heavy atom. The van der Waals surface area contributed by atoms with Gasteiger partial charge in [-0.1, -0.05) is 59.9 Å². The minimum absolute atomic E-state index is 0.255. The molecule has 1 aliphatic carbocycles. The van der Waals surface area contributed by atoms with Gasteiger partial charge in [0.2, 0.25) is 0 Å². The quantitative estimate of drug-likeness (QED) is 0.221. The highest BCUT2D eigenvalue weighted by atomic mass is 32.1. The highest BCUT2D eigenvalue weighted by molar-refractivity contribution is 7.07. The van der Waals surface area contributed by atoms with Crippen LogP contribution in [-0.2, 0) is 17.3 Å². The molecule has 44 heavy (non-hydrogen) atoms. The molecule has 0 fully saturated rings. The number of thiazole rings is 1. The first-order valence-corrected chi connectivity index (χ1v) is 14.6. The largest absolute Gasteiger partial charge is 0.465 e. The summed E-state index contributed by atoms with van der Waals surface area (Å²) in [6.07, 6.45) is -1.37. The third-order valence-corrected chi connectivity index (χ3v) is 8.88. The third-order valence-electron chi connectivity index (χ3n) is 7.90. The number of esters is 1. The number of furan rings is 1. The number of ether oxygens (including phenoxy) is 1. The second-order valence-electron chi connectivity index (χ2n) is 10.5. The molecule has 0 unspecified atom stereocenters. The first-order valence-electron chi connectivity index (χ1n) is 13.8. The Labute approximate surface area is 252 Å². The van der Waals surface area contributed by atoms with Gasteiger partial charge in [-0.2, -0.15) is 13.2 Å². The van der Waals surface area contributed by atoms with Crippen molar-refractivity contribution in [2.45, 2.75) is 25.1 Å². The molecule has 0 spiro atoms. The summed E-state index contributed by atoms with van der Waals surface area (Å²) in [4.78, 5) is 31.6. The molecule has 0 amide bonds. The summed E-state index contributed by atoms with van der Waals surface area (Å²) in [6, 6.07) is 22.8. The summed E-state index contributed by atoms with van der Waals surface area (Å²) >= 11 is 1.22. The van der Waals surface area contributed by atoms with Gasteiger partial charge in [0, 0.05) is 17.2 Å². The number of aryl methyl sites for hydroxylation is 1. The maximum atomic E-state index is 14.0. The van der Waals surface area contributed by atoms with E-state index in [0.717, 1.165) is 41.0 Å². The van der Waals surface area contributed by atoms with Crippen molar-refractivity contribution < 1.29 is 27.1 Å². The smallest absolute Gasteiger partial charge is 0.416 e. The van der Waals surface area contributed by atoms with Gasteiger partial charge in [0.25, 0.3) is 5.56 Å². The van der Waals surface area contributed by atoms with Crippen molar-refractivity contribution in [3.63, 3.8) is 0 Å². The molecular formula is C34H23F3N2O4S. The molecule has 10 heteroatoms. The van der Waals surface area contributed by atoms with E-state index >= 15 is 0 Å². The molecule has 0 saturated carbocycles. The number of methoxy groups -OCH3 is 1. The second kappa shape index (κ2) is 10.6. The maximum absolute atomic E-state index is 14.0. The lowest BCUT2D eigenvalue weighted by Crippen LogP contribution is -2.38. The number of allylic oxidation sites excluding steroid dienone is 1. The second-order valence-corrected chi connectivity index (χ2v) is 11.5. The van der Waals surface area contributed by atoms with Crippen LogP contribution in [0.1, 0.15) is 50.8 Å². The summed E-state index contributed by atoms with van der Waals surface area (Å²) in [5.41, 5.74) is 4.54. The summed E-state index contributed by atoms with van der Waals surface area (Å²) in [5, 5.41) is 0. The van der Waals surface area contributed by atoms with Crippen molar-refractivity contribution in [2.24, 2.45) is 4.99 Å². The van der Waals surface area contributed by atoms with E-state index in [-0.39, 0.29) is 16.9 Å². The lowest BCUT2D eigenvalue weighted by atomic mass is 9.83. The van der Waals surface area contributed by atoms with E-state index in [0.29, 0.717) is 27.1 Å². The molecule has 2 aliphatic rings. The molecule has 2 aromatic heterocycles. The average Bonchev–Trinajstić information content (AvgIpc) is 3.63. The maximum Gasteiger partial charge on any atom is 0.416 e. The molecule has 3 heterocycles. The number of alkyl halides is 3. The van der Waals surface area contributed by atoms with E-state index in [1.54, 1.807) is 41.0 Å². The van der Waals surface area contributed by atoms with Crippen molar-refractivity contribution in [2.75, 3.05) is 7.11 Å². The van der Waals surface area contributed by atoms with Gasteiger partial charge < -0.3 is 9.15 Å². The minimum Gasteiger partial charge on any atom is -0.465 e. The van der Waals surface area contributed by atoms with Crippen LogP contribution in [0.3, 0.4) is 0 Å². The zero-order valence-corrected chi connectivity index (χ0v) is 24.0. The molecule has 0 N–H and O–H groups in total. The van der Waals surface area contributed by atoms with E-state index in [4.69, 9.17) is 14.1 Å². The topological polar surface area (TPSA) is 73.8 Å². The molecule has 220 valence electrons. The van der Waals surface area contributed by atoms with Gasteiger partial charge in [0.1, 0.15) is 11.5 Å². The minimum atomic E-state index is -4.48. The van der Waals surface area contributed by atoms with E-state index in [1.807, 2.05) is 30.3 Å². The zero-order chi connectivity index (χ0) is 30.6. The number of benzene rings is 3. The summed E-state index contributed by atoms with van der Waals surface area (Å²) < 4.78 is 52.5. The summed E-state index contributed by atoms with van der Waals surface area (Å²) in [7, 11) is 1.33. The molecule has 3 aromatic carbocycles. The molecule has 1 atom stereocenters. The normalized spacial score (nSPS) is 16.2. The van der Waals surface area contributed by atoms with Crippen LogP contribution in [0, 0.1) is 0 Å². The molecule has 5 aromatic rings. The van der Waals surface area contributed by atoms with Gasteiger partial charge >= 0.3 is 12.1 Å². The monoisotopic (exact) mass is 612 g/mol. The summed E-state index contributed by atoms with van der Waals surface area (Å²) in [6.45, 7) is 0. The SMILES string of the molecule is COC(=O)c1ccc([C@@H]2C3=C(N=c4s/c(=C\c5ccc(-c6cccc(C(F)(F)F)c6)o5)c(=O)n42)c2ccccc2CC3)cc1. The number of aromatic nitrogens is 1. The molecule has 0 saturated heterocycles. The molecule has 0 bridgehead atoms. The van der Waals surface area contributed by atoms with E-state index in [9.17, 15) is 22.8 Å². The summed E-state index contributed by atoms with van der Waals surface area (Å²) in [5.74, 6) is 0.136. The molecule has 1 aliphatic heterocycles. The molecule has 6 nitrogen and oxygen atoms in total. The number of fused-ring (bicyclic) bond motifs is 3. The van der Waals surface area contributed by atoms with E-state index in [2.05, 4.69) is 6.07 Å². The number of carbonyl (C=O) groups excluding carboxylic acids is 1. The van der Waals surface area contributed by atoms with Crippen LogP contribution in [-0.4, -0.2) is 17.6 Å². The van der Waals surface area contributed by atoms with Crippen LogP contribution >= 0.6 is 11.3 Å². The Kier molecular flexibility index (Phi) is 6.73. The van der Waals surface area contributed by atoms with Gasteiger partial charge in [-0.3, -0.25) is 9.36 Å². The van der Waals surface area contributed by atoms with Crippen LogP contribution in [0.15, 0.2) is 105 Å². The van der Waals surface area contributed by atoms with Gasteiger partial charge in [-0.15, -0.1) is 0 Å². The van der Waals surface area contributed by atoms with Gasteiger partial charge in [0.05, 0.1) is 34.5 Å². The lowest BCUT2D eigenvalue weighted by Gasteiger charge is -2.30. The number of hydrogen-bond donors (Lipinski definition) is 0. The van der Waals surface area contributed by atoms with Gasteiger partial charge in [-0.05, 0) is 65.9 Å². The molecule has 7 rings (SSSR count). The van der Waals surface area contributed by atoms with Crippen molar-refractivity contribution in [3.05, 3.63) is 144 Å². The number of rotatable bonds is 4. The highest BCUT2D eigenvalue weighted by Crippen LogP contribution is 2.41. The van der Waals surface area contributed by atoms with Crippen LogP contribution in [0.5, 0.6) is 0 Å². The number of halogens is 3. The fraction of sp³-hybridized carbons (Fsp3) is 0.147. The number of nitrogens with zero attached hydrogens (tertiary/aromatic N) is 2. The molecular weight excluding hydrogens is 589 g/mol. The first-order chi connectivity index (χ1) is 21.2. The Bertz CT molecular complexity index is 2150. The zero-order valence-electron chi connectivity index (χ0n) is 23.2. The molecule has 0 radical (unpaired) electrons. The Morgan fingerprint density at radius 1 is 1.02 bits per heavy atom. The van der Waals surface area contributed by atoms with Crippen molar-refractivity contribution in [1.82, 2.24) is 4.57 Å². The number of carbonyl (C=O) groups is 1. The number of hydrogen-bond acceptors (Lipinski definition) is 6. The predicted molar refractivity (Wildman–Crippen MR) is 160 cm³/mol. The average molecular weight is 613 g/mol. The highest BCUT2D eigenvalue weighted by Gasteiger charge is 2.33. The Balaban J connectivity index is 1.35. The van der Waals surface area contributed by atoms with Gasteiger partial charge in [-0.25, -0.2) is 9.79 Å². The van der Waals surface area contributed by atoms with Crippen LogP contribution < -0.4 is 14.9 Å². The van der Waals surface area contributed by atoms with Crippen molar-refractivity contribution in [1.29, 1.82) is 0 Å². The van der Waals surface area contributed by atoms with Crippen molar-refractivity contribution >= 4 is 29.1 Å². The standard InChI is InChI=1S/C34H23F3N2O4S/c1-42-32(41)21-11-9-20(10-12-21)30-26-15-13-19-5-2-3-8-25(19)29(26)38-33-39(30)31(40)28(44-33)18-24-14-16-27(43-24)22-6-4-7-23(17-22)34(35,36)37/h2-12,14,16-18,30H,13,15H2,1H3/b28-18-/t30-/m1/s1. The lowest BCUT2D eigenvalue weighted by molar-refractivity contribution is -0.137. The Morgan fingerprint density at radius 3 is 2.59 bits per heavy atom. The van der Waals surface area contributed by atoms with E-state index in [1.165, 1.54) is 30.1 Å². The fourth-order valence-corrected chi connectivity index (χ4v) is 6.79. The Hall–Kier alpha value is -4.96. The van der Waals surface area contributed by atoms with Crippen LogP contribution in [0.4, 0.5) is 13.2 Å². The van der Waals surface area contributed by atoms with Crippen LogP contribution in [0.2, 0.25) is 0 Å². The first kappa shape index (κ1) is 27.8. The predicted octanol–water partition coefficient (Wildman–Crippen LogP) is 6.38. The van der Waals surface area contributed by atoms with Gasteiger partial charge in [0.15, 0.2) is 4.80 Å². The van der Waals surface area contributed by atoms with E-state index < -0.39 is 23.8 Å². The third kappa shape index (κ3) is 4.81. The van der Waals surface area contributed by atoms with Crippen molar-refractivity contribution in [3.8, 4) is 11.3 Å².